The summed E-state index contributed by atoms with van der Waals surface area (Å²) in [5, 5.41) is 21.1. The van der Waals surface area contributed by atoms with Gasteiger partial charge in [0, 0.05) is 23.4 Å². The van der Waals surface area contributed by atoms with Crippen molar-refractivity contribution in [2.75, 3.05) is 39.5 Å². The van der Waals surface area contributed by atoms with Crippen LogP contribution < -0.4 is 16.8 Å². The highest BCUT2D eigenvalue weighted by molar-refractivity contribution is 14.1. The van der Waals surface area contributed by atoms with E-state index in [-0.39, 0.29) is 24.0 Å². The van der Waals surface area contributed by atoms with Crippen LogP contribution >= 0.6 is 22.6 Å². The molecule has 1 amide bonds. The minimum absolute atomic E-state index is 0.0623. The van der Waals surface area contributed by atoms with Crippen molar-refractivity contribution in [1.82, 2.24) is 5.32 Å². The molecular formula is C30H62IN3O7. The third kappa shape index (κ3) is 23.3. The van der Waals surface area contributed by atoms with E-state index in [1.54, 1.807) is 27.7 Å². The summed E-state index contributed by atoms with van der Waals surface area (Å²) in [5.74, 6) is -1.03. The fourth-order valence-corrected chi connectivity index (χ4v) is 5.29. The molecule has 2 atom stereocenters. The first kappa shape index (κ1) is 44.6. The Morgan fingerprint density at radius 1 is 0.854 bits per heavy atom. The molecule has 0 aromatic heterocycles. The highest BCUT2D eigenvalue weighted by Crippen LogP contribution is 2.36. The van der Waals surface area contributed by atoms with Crippen molar-refractivity contribution < 1.29 is 34.1 Å². The van der Waals surface area contributed by atoms with Crippen LogP contribution in [0.1, 0.15) is 102 Å². The molecule has 0 aromatic carbocycles. The number of amides is 1. The van der Waals surface area contributed by atoms with Crippen molar-refractivity contribution in [2.24, 2.45) is 28.2 Å². The van der Waals surface area contributed by atoms with Gasteiger partial charge in [-0.1, -0.05) is 63.6 Å². The van der Waals surface area contributed by atoms with Gasteiger partial charge in [-0.2, -0.15) is 0 Å². The molecule has 10 nitrogen and oxygen atoms in total. The van der Waals surface area contributed by atoms with E-state index in [0.29, 0.717) is 39.4 Å². The standard InChI is InChI=1S/C19H34INO4.C7H17NO3.C4H11N/c1-12(2)13(22)16(3,4)10-18(7,8)21-14(23)19(9,20)11-17(5,6)15(24)25;1-7(9)6-11-5-4-10-3-2-8;1-2-3-4-5/h12H,10-11H2,1-9H3,(H,21,23)(H,24,25);7,9H,2-6,8H2,1H3;2-5H2,1H3. The van der Waals surface area contributed by atoms with Crippen molar-refractivity contribution in [2.45, 2.75) is 117 Å². The molecule has 0 aliphatic carbocycles. The van der Waals surface area contributed by atoms with Gasteiger partial charge in [-0.15, -0.1) is 0 Å². The second-order valence-corrected chi connectivity index (χ2v) is 15.3. The number of nitrogens with one attached hydrogen (secondary N) is 1. The zero-order valence-corrected chi connectivity index (χ0v) is 29.9. The number of aliphatic hydroxyl groups excluding tert-OH is 1. The molecule has 0 aliphatic heterocycles. The number of aliphatic carboxylic acids is 1. The second-order valence-electron chi connectivity index (χ2n) is 12.9. The number of ketones is 1. The molecule has 11 heteroatoms. The molecule has 0 bridgehead atoms. The number of hydrogen-bond acceptors (Lipinski definition) is 8. The van der Waals surface area contributed by atoms with Crippen LogP contribution in [0.25, 0.3) is 0 Å². The topological polar surface area (TPSA) is 174 Å². The Morgan fingerprint density at radius 2 is 1.37 bits per heavy atom. The van der Waals surface area contributed by atoms with Gasteiger partial charge in [0.2, 0.25) is 5.91 Å². The monoisotopic (exact) mass is 703 g/mol. The molecule has 0 fully saturated rings. The molecule has 0 aliphatic rings. The van der Waals surface area contributed by atoms with Gasteiger partial charge in [-0.05, 0) is 67.3 Å². The predicted molar refractivity (Wildman–Crippen MR) is 175 cm³/mol. The summed E-state index contributed by atoms with van der Waals surface area (Å²) in [6, 6.07) is 0. The third-order valence-corrected chi connectivity index (χ3v) is 6.78. The summed E-state index contributed by atoms with van der Waals surface area (Å²) in [6.07, 6.45) is 2.71. The first-order valence-electron chi connectivity index (χ1n) is 14.6. The molecule has 0 spiro atoms. The number of nitrogens with two attached hydrogens (primary N) is 2. The van der Waals surface area contributed by atoms with E-state index in [9.17, 15) is 19.5 Å². The van der Waals surface area contributed by atoms with E-state index in [0.717, 1.165) is 6.54 Å². The van der Waals surface area contributed by atoms with Crippen molar-refractivity contribution in [3.8, 4) is 0 Å². The number of aliphatic hydroxyl groups is 1. The molecule has 41 heavy (non-hydrogen) atoms. The van der Waals surface area contributed by atoms with Gasteiger partial charge >= 0.3 is 5.97 Å². The highest BCUT2D eigenvalue weighted by atomic mass is 127. The number of unbranched alkanes of at least 4 members (excludes halogenated alkanes) is 1. The van der Waals surface area contributed by atoms with Crippen molar-refractivity contribution >= 4 is 40.3 Å². The number of halogens is 1. The van der Waals surface area contributed by atoms with Crippen molar-refractivity contribution in [1.29, 1.82) is 0 Å². The number of hydrogen-bond donors (Lipinski definition) is 5. The molecule has 0 saturated carbocycles. The largest absolute Gasteiger partial charge is 0.481 e. The lowest BCUT2D eigenvalue weighted by Crippen LogP contribution is -2.54. The van der Waals surface area contributed by atoms with E-state index in [1.165, 1.54) is 12.8 Å². The Morgan fingerprint density at radius 3 is 1.73 bits per heavy atom. The van der Waals surface area contributed by atoms with E-state index >= 15 is 0 Å². The maximum atomic E-state index is 12.8. The first-order chi connectivity index (χ1) is 18.5. The lowest BCUT2D eigenvalue weighted by molar-refractivity contribution is -0.148. The Bertz CT molecular complexity index is 738. The molecular weight excluding hydrogens is 641 g/mol. The number of ether oxygens (including phenoxy) is 2. The van der Waals surface area contributed by atoms with Crippen LogP contribution in [0, 0.1) is 16.7 Å². The van der Waals surface area contributed by atoms with E-state index < -0.39 is 31.9 Å². The molecule has 0 heterocycles. The SMILES string of the molecule is CC(C)C(=O)C(C)(C)CC(C)(C)NC(=O)C(C)(I)CC(C)(C)C(=O)O.CC(O)COCCOCCN.CCCCN. The van der Waals surface area contributed by atoms with Crippen LogP contribution in [-0.2, 0) is 23.9 Å². The minimum atomic E-state index is -0.996. The molecule has 246 valence electrons. The normalized spacial score (nSPS) is 14.1. The maximum Gasteiger partial charge on any atom is 0.309 e. The quantitative estimate of drug-likeness (QED) is 0.0792. The van der Waals surface area contributed by atoms with Crippen LogP contribution in [-0.4, -0.2) is 82.5 Å². The van der Waals surface area contributed by atoms with Gasteiger partial charge in [-0.25, -0.2) is 0 Å². The summed E-state index contributed by atoms with van der Waals surface area (Å²) in [4.78, 5) is 36.5. The molecule has 7 N–H and O–H groups in total. The third-order valence-electron chi connectivity index (χ3n) is 5.90. The molecule has 2 unspecified atom stereocenters. The average Bonchev–Trinajstić information content (AvgIpc) is 2.80. The molecule has 0 saturated heterocycles. The zero-order valence-electron chi connectivity index (χ0n) is 27.7. The fourth-order valence-electron chi connectivity index (χ4n) is 4.20. The first-order valence-corrected chi connectivity index (χ1v) is 15.6. The summed E-state index contributed by atoms with van der Waals surface area (Å²) in [5.41, 5.74) is 8.20. The van der Waals surface area contributed by atoms with Crippen LogP contribution in [0.3, 0.4) is 0 Å². The number of carbonyl (C=O) groups excluding carboxylic acids is 2. The van der Waals surface area contributed by atoms with Gasteiger partial charge in [0.15, 0.2) is 0 Å². The highest BCUT2D eigenvalue weighted by Gasteiger charge is 2.43. The second kappa shape index (κ2) is 21.8. The van der Waals surface area contributed by atoms with E-state index in [2.05, 4.69) is 12.2 Å². The predicted octanol–water partition coefficient (Wildman–Crippen LogP) is 4.32. The number of carbonyl (C=O) groups is 3. The Labute approximate surface area is 263 Å². The number of rotatable bonds is 18. The van der Waals surface area contributed by atoms with Gasteiger partial charge in [-0.3, -0.25) is 14.4 Å². The summed E-state index contributed by atoms with van der Waals surface area (Å²) >= 11 is 2.02. The molecule has 0 aromatic rings. The lowest BCUT2D eigenvalue weighted by atomic mass is 9.73. The van der Waals surface area contributed by atoms with Gasteiger partial charge in [0.25, 0.3) is 0 Å². The number of carboxylic acids is 1. The van der Waals surface area contributed by atoms with Gasteiger partial charge < -0.3 is 36.5 Å². The van der Waals surface area contributed by atoms with Crippen LogP contribution in [0.15, 0.2) is 0 Å². The smallest absolute Gasteiger partial charge is 0.309 e. The van der Waals surface area contributed by atoms with E-state index in [1.807, 2.05) is 64.1 Å². The van der Waals surface area contributed by atoms with Crippen molar-refractivity contribution in [3.63, 3.8) is 0 Å². The summed E-state index contributed by atoms with van der Waals surface area (Å²) in [6.45, 7) is 23.5. The number of carboxylic acid groups (broad SMARTS) is 1. The Hall–Kier alpha value is -0.860. The Kier molecular flexibility index (Phi) is 23.7. The maximum absolute atomic E-state index is 12.8. The Balaban J connectivity index is -0.000000739. The van der Waals surface area contributed by atoms with Crippen molar-refractivity contribution in [3.05, 3.63) is 0 Å². The van der Waals surface area contributed by atoms with Gasteiger partial charge in [0.05, 0.1) is 41.4 Å². The van der Waals surface area contributed by atoms with Gasteiger partial charge in [0.1, 0.15) is 5.78 Å². The number of alkyl halides is 1. The summed E-state index contributed by atoms with van der Waals surface area (Å²) in [7, 11) is 0. The molecule has 0 rings (SSSR count). The minimum Gasteiger partial charge on any atom is -0.481 e. The fraction of sp³-hybridized carbons (Fsp3) is 0.900. The van der Waals surface area contributed by atoms with Crippen LogP contribution in [0.4, 0.5) is 0 Å². The molecule has 0 radical (unpaired) electrons. The average molecular weight is 704 g/mol. The number of Topliss-reactive ketones (excluding diaryl/α,β-unsaturated/α-hetero) is 1. The lowest BCUT2D eigenvalue weighted by Gasteiger charge is -2.38. The summed E-state index contributed by atoms with van der Waals surface area (Å²) < 4.78 is 9.20. The van der Waals surface area contributed by atoms with Crippen LogP contribution in [0.2, 0.25) is 0 Å². The van der Waals surface area contributed by atoms with E-state index in [4.69, 9.17) is 26.0 Å². The van der Waals surface area contributed by atoms with Crippen LogP contribution in [0.5, 0.6) is 0 Å². The zero-order chi connectivity index (χ0) is 33.1.